The summed E-state index contributed by atoms with van der Waals surface area (Å²) in [5.41, 5.74) is 1.11. The smallest absolute Gasteiger partial charge is 0.262 e. The molecule has 0 saturated heterocycles. The Morgan fingerprint density at radius 3 is 3.00 bits per heavy atom. The van der Waals surface area contributed by atoms with E-state index >= 15 is 0 Å². The van der Waals surface area contributed by atoms with Gasteiger partial charge in [-0.2, -0.15) is 0 Å². The lowest BCUT2D eigenvalue weighted by atomic mass is 10.1. The van der Waals surface area contributed by atoms with Crippen molar-refractivity contribution in [1.29, 1.82) is 0 Å². The van der Waals surface area contributed by atoms with Gasteiger partial charge in [-0.05, 0) is 52.7 Å². The number of halogens is 1. The standard InChI is InChI=1S/C15H13BrN2O3S/c16-13-4-2-10(22-13)5-6-17-15(20)9-1-3-11-12(7-9)21-8-14(19)18-11/h1-4,7H,5-6,8H2,(H,17,20)(H,18,19). The van der Waals surface area contributed by atoms with Crippen LogP contribution >= 0.6 is 27.3 Å². The number of fused-ring (bicyclic) bond motifs is 1. The van der Waals surface area contributed by atoms with E-state index in [2.05, 4.69) is 26.6 Å². The predicted octanol–water partition coefficient (Wildman–Crippen LogP) is 2.81. The van der Waals surface area contributed by atoms with Crippen LogP contribution in [0.5, 0.6) is 5.75 Å². The molecule has 0 saturated carbocycles. The lowest BCUT2D eigenvalue weighted by Crippen LogP contribution is -2.27. The van der Waals surface area contributed by atoms with Crippen molar-refractivity contribution in [1.82, 2.24) is 5.32 Å². The summed E-state index contributed by atoms with van der Waals surface area (Å²) in [5, 5.41) is 5.58. The maximum atomic E-state index is 12.1. The summed E-state index contributed by atoms with van der Waals surface area (Å²) < 4.78 is 6.39. The number of hydrogen-bond donors (Lipinski definition) is 2. The van der Waals surface area contributed by atoms with E-state index in [1.165, 1.54) is 4.88 Å². The molecule has 0 atom stereocenters. The molecule has 0 aliphatic carbocycles. The second-order valence-electron chi connectivity index (χ2n) is 4.76. The Morgan fingerprint density at radius 2 is 2.23 bits per heavy atom. The first kappa shape index (κ1) is 15.1. The largest absolute Gasteiger partial charge is 0.482 e. The van der Waals surface area contributed by atoms with Crippen molar-refractivity contribution >= 4 is 44.8 Å². The number of anilines is 1. The number of carbonyl (C=O) groups excluding carboxylic acids is 2. The van der Waals surface area contributed by atoms with Crippen molar-refractivity contribution in [3.63, 3.8) is 0 Å². The summed E-state index contributed by atoms with van der Waals surface area (Å²) in [5.74, 6) is 0.181. The third-order valence-corrected chi connectivity index (χ3v) is 4.85. The molecule has 0 fully saturated rings. The van der Waals surface area contributed by atoms with Crippen LogP contribution in [0.3, 0.4) is 0 Å². The molecule has 1 aliphatic heterocycles. The Balaban J connectivity index is 1.59. The van der Waals surface area contributed by atoms with Crippen LogP contribution in [0.25, 0.3) is 0 Å². The summed E-state index contributed by atoms with van der Waals surface area (Å²) in [6, 6.07) is 9.03. The van der Waals surface area contributed by atoms with E-state index in [1.54, 1.807) is 29.5 Å². The Bertz CT molecular complexity index is 729. The van der Waals surface area contributed by atoms with E-state index < -0.39 is 0 Å². The number of nitrogens with one attached hydrogen (secondary N) is 2. The highest BCUT2D eigenvalue weighted by molar-refractivity contribution is 9.11. The molecule has 1 aromatic carbocycles. The average Bonchev–Trinajstić information content (AvgIpc) is 2.92. The van der Waals surface area contributed by atoms with E-state index in [0.717, 1.165) is 10.2 Å². The molecule has 2 amide bonds. The van der Waals surface area contributed by atoms with Crippen LogP contribution < -0.4 is 15.4 Å². The molecule has 1 aliphatic rings. The minimum Gasteiger partial charge on any atom is -0.482 e. The van der Waals surface area contributed by atoms with Crippen molar-refractivity contribution < 1.29 is 14.3 Å². The van der Waals surface area contributed by atoms with Crippen molar-refractivity contribution in [2.24, 2.45) is 0 Å². The van der Waals surface area contributed by atoms with Crippen molar-refractivity contribution in [3.8, 4) is 5.75 Å². The van der Waals surface area contributed by atoms with Crippen molar-refractivity contribution in [2.75, 3.05) is 18.5 Å². The Hall–Kier alpha value is -1.86. The highest BCUT2D eigenvalue weighted by Gasteiger charge is 2.17. The third kappa shape index (κ3) is 3.48. The van der Waals surface area contributed by atoms with Gasteiger partial charge in [0, 0.05) is 17.0 Å². The number of thiophene rings is 1. The van der Waals surface area contributed by atoms with Gasteiger partial charge in [-0.25, -0.2) is 0 Å². The molecule has 7 heteroatoms. The SMILES string of the molecule is O=C1COc2cc(C(=O)NCCc3ccc(Br)s3)ccc2N1. The van der Waals surface area contributed by atoms with Gasteiger partial charge in [-0.15, -0.1) is 11.3 Å². The first-order chi connectivity index (χ1) is 10.6. The van der Waals surface area contributed by atoms with Gasteiger partial charge in [0.25, 0.3) is 11.8 Å². The fraction of sp³-hybridized carbons (Fsp3) is 0.200. The van der Waals surface area contributed by atoms with E-state index in [-0.39, 0.29) is 18.4 Å². The fourth-order valence-electron chi connectivity index (χ4n) is 2.10. The number of benzene rings is 1. The van der Waals surface area contributed by atoms with Crippen LogP contribution in [-0.4, -0.2) is 25.0 Å². The van der Waals surface area contributed by atoms with Gasteiger partial charge in [-0.1, -0.05) is 0 Å². The Labute approximate surface area is 139 Å². The van der Waals surface area contributed by atoms with Crippen LogP contribution in [-0.2, 0) is 11.2 Å². The third-order valence-electron chi connectivity index (χ3n) is 3.16. The quantitative estimate of drug-likeness (QED) is 0.856. The molecule has 5 nitrogen and oxygen atoms in total. The molecule has 0 spiro atoms. The number of carbonyl (C=O) groups is 2. The number of ether oxygens (including phenoxy) is 1. The van der Waals surface area contributed by atoms with Crippen molar-refractivity contribution in [3.05, 3.63) is 44.6 Å². The second kappa shape index (κ2) is 6.50. The van der Waals surface area contributed by atoms with Crippen LogP contribution in [0.2, 0.25) is 0 Å². The van der Waals surface area contributed by atoms with Gasteiger partial charge in [-0.3, -0.25) is 9.59 Å². The molecule has 2 aromatic rings. The van der Waals surface area contributed by atoms with Gasteiger partial charge < -0.3 is 15.4 Å². The molecule has 2 heterocycles. The molecule has 22 heavy (non-hydrogen) atoms. The molecule has 0 radical (unpaired) electrons. The van der Waals surface area contributed by atoms with E-state index in [4.69, 9.17) is 4.74 Å². The van der Waals surface area contributed by atoms with Gasteiger partial charge >= 0.3 is 0 Å². The lowest BCUT2D eigenvalue weighted by molar-refractivity contribution is -0.118. The van der Waals surface area contributed by atoms with Gasteiger partial charge in [0.05, 0.1) is 9.47 Å². The Kier molecular flexibility index (Phi) is 4.44. The zero-order chi connectivity index (χ0) is 15.5. The lowest BCUT2D eigenvalue weighted by Gasteiger charge is -2.18. The predicted molar refractivity (Wildman–Crippen MR) is 88.6 cm³/mol. The van der Waals surface area contributed by atoms with Crippen molar-refractivity contribution in [2.45, 2.75) is 6.42 Å². The molecule has 114 valence electrons. The van der Waals surface area contributed by atoms with Gasteiger partial charge in [0.15, 0.2) is 6.61 Å². The van der Waals surface area contributed by atoms with Gasteiger partial charge in [0.2, 0.25) is 0 Å². The van der Waals surface area contributed by atoms with Crippen LogP contribution in [0, 0.1) is 0 Å². The highest BCUT2D eigenvalue weighted by Crippen LogP contribution is 2.28. The van der Waals surface area contributed by atoms with Crippen LogP contribution in [0.15, 0.2) is 34.1 Å². The van der Waals surface area contributed by atoms with E-state index in [0.29, 0.717) is 23.5 Å². The first-order valence-electron chi connectivity index (χ1n) is 6.71. The minimum absolute atomic E-state index is 0.0225. The summed E-state index contributed by atoms with van der Waals surface area (Å²) in [7, 11) is 0. The van der Waals surface area contributed by atoms with Crippen LogP contribution in [0.1, 0.15) is 15.2 Å². The maximum absolute atomic E-state index is 12.1. The number of rotatable bonds is 4. The summed E-state index contributed by atoms with van der Waals surface area (Å²) in [4.78, 5) is 24.5. The molecule has 2 N–H and O–H groups in total. The zero-order valence-corrected chi connectivity index (χ0v) is 13.9. The minimum atomic E-state index is -0.188. The van der Waals surface area contributed by atoms with Gasteiger partial charge in [0.1, 0.15) is 5.75 Å². The second-order valence-corrected chi connectivity index (χ2v) is 7.31. The van der Waals surface area contributed by atoms with Crippen LogP contribution in [0.4, 0.5) is 5.69 Å². The molecule has 0 unspecified atom stereocenters. The fourth-order valence-corrected chi connectivity index (χ4v) is 3.59. The molecule has 3 rings (SSSR count). The maximum Gasteiger partial charge on any atom is 0.262 e. The molecular formula is C15H13BrN2O3S. The summed E-state index contributed by atoms with van der Waals surface area (Å²) in [6.45, 7) is 0.547. The normalized spacial score (nSPS) is 13.0. The van der Waals surface area contributed by atoms with E-state index in [9.17, 15) is 9.59 Å². The molecule has 0 bridgehead atoms. The van der Waals surface area contributed by atoms with E-state index in [1.807, 2.05) is 12.1 Å². The highest BCUT2D eigenvalue weighted by atomic mass is 79.9. The monoisotopic (exact) mass is 380 g/mol. The summed E-state index contributed by atoms with van der Waals surface area (Å²) >= 11 is 5.08. The molecule has 1 aromatic heterocycles. The zero-order valence-electron chi connectivity index (χ0n) is 11.5. The Morgan fingerprint density at radius 1 is 1.36 bits per heavy atom. The summed E-state index contributed by atoms with van der Waals surface area (Å²) in [6.07, 6.45) is 0.791. The number of amides is 2. The molecular weight excluding hydrogens is 368 g/mol. The first-order valence-corrected chi connectivity index (χ1v) is 8.32. The average molecular weight is 381 g/mol. The number of hydrogen-bond acceptors (Lipinski definition) is 4. The topological polar surface area (TPSA) is 67.4 Å².